The lowest BCUT2D eigenvalue weighted by Gasteiger charge is -1.79. The van der Waals surface area contributed by atoms with Gasteiger partial charge in [0, 0.05) is 6.42 Å². The number of aryl methyl sites for hydroxylation is 1. The minimum atomic E-state index is 0.666. The third kappa shape index (κ3) is 1.55. The van der Waals surface area contributed by atoms with Gasteiger partial charge in [-0.05, 0) is 31.9 Å². The second-order valence-corrected chi connectivity index (χ2v) is 3.00. The Labute approximate surface area is 69.9 Å². The molecule has 4 heteroatoms. The summed E-state index contributed by atoms with van der Waals surface area (Å²) in [6.07, 6.45) is 0.824. The number of hydrogen-bond acceptors (Lipinski definition) is 2. The molecule has 0 radical (unpaired) electrons. The summed E-state index contributed by atoms with van der Waals surface area (Å²) in [5.41, 5.74) is 0. The monoisotopic (exact) mass is 253 g/mol. The fraction of sp³-hybridized carbons (Fsp3) is 0.400. The van der Waals surface area contributed by atoms with Gasteiger partial charge in [-0.3, -0.25) is 0 Å². The summed E-state index contributed by atoms with van der Waals surface area (Å²) in [7, 11) is 0. The van der Waals surface area contributed by atoms with Gasteiger partial charge in [0.2, 0.25) is 4.67 Å². The van der Waals surface area contributed by atoms with E-state index in [9.17, 15) is 0 Å². The third-order valence-electron chi connectivity index (χ3n) is 0.895. The molecule has 0 aliphatic carbocycles. The number of oxazole rings is 1. The molecule has 9 heavy (non-hydrogen) atoms. The van der Waals surface area contributed by atoms with E-state index in [1.807, 2.05) is 6.92 Å². The SMILES string of the molecule is CCc1nc(Br)c(Br)o1. The van der Waals surface area contributed by atoms with Crippen molar-refractivity contribution in [1.29, 1.82) is 0 Å². The van der Waals surface area contributed by atoms with Crippen molar-refractivity contribution in [3.8, 4) is 0 Å². The van der Waals surface area contributed by atoms with Crippen LogP contribution >= 0.6 is 31.9 Å². The van der Waals surface area contributed by atoms with Crippen molar-refractivity contribution in [3.05, 3.63) is 15.2 Å². The van der Waals surface area contributed by atoms with Crippen LogP contribution in [0.3, 0.4) is 0 Å². The Morgan fingerprint density at radius 2 is 2.22 bits per heavy atom. The standard InChI is InChI=1S/C5H5Br2NO/c1-2-3-8-4(6)5(7)9-3/h2H2,1H3. The van der Waals surface area contributed by atoms with Crippen molar-refractivity contribution >= 4 is 31.9 Å². The van der Waals surface area contributed by atoms with E-state index in [4.69, 9.17) is 4.42 Å². The lowest BCUT2D eigenvalue weighted by atomic mass is 10.5. The Morgan fingerprint density at radius 1 is 1.56 bits per heavy atom. The molecule has 0 unspecified atom stereocenters. The van der Waals surface area contributed by atoms with Gasteiger partial charge in [0.05, 0.1) is 0 Å². The van der Waals surface area contributed by atoms with Gasteiger partial charge in [0.1, 0.15) is 0 Å². The Balaban J connectivity index is 2.98. The molecule has 0 bridgehead atoms. The fourth-order valence-electron chi connectivity index (χ4n) is 0.473. The van der Waals surface area contributed by atoms with E-state index in [1.54, 1.807) is 0 Å². The second kappa shape index (κ2) is 2.84. The molecule has 0 aliphatic heterocycles. The summed E-state index contributed by atoms with van der Waals surface area (Å²) in [5.74, 6) is 0.744. The van der Waals surface area contributed by atoms with Crippen molar-refractivity contribution in [3.63, 3.8) is 0 Å². The van der Waals surface area contributed by atoms with Crippen LogP contribution in [0, 0.1) is 0 Å². The quantitative estimate of drug-likeness (QED) is 0.771. The average molecular weight is 255 g/mol. The van der Waals surface area contributed by atoms with Gasteiger partial charge in [-0.15, -0.1) is 0 Å². The molecular formula is C5H5Br2NO. The van der Waals surface area contributed by atoms with E-state index in [1.165, 1.54) is 0 Å². The highest BCUT2D eigenvalue weighted by Gasteiger charge is 2.04. The summed E-state index contributed by atoms with van der Waals surface area (Å²) < 4.78 is 6.52. The first kappa shape index (κ1) is 7.28. The van der Waals surface area contributed by atoms with Gasteiger partial charge in [0.25, 0.3) is 0 Å². The first-order valence-corrected chi connectivity index (χ1v) is 4.13. The van der Waals surface area contributed by atoms with Gasteiger partial charge >= 0.3 is 0 Å². The molecule has 50 valence electrons. The van der Waals surface area contributed by atoms with Crippen LogP contribution in [-0.4, -0.2) is 4.98 Å². The molecule has 0 spiro atoms. The molecule has 0 saturated heterocycles. The molecule has 0 aliphatic rings. The highest BCUT2D eigenvalue weighted by molar-refractivity contribution is 9.13. The smallest absolute Gasteiger partial charge is 0.204 e. The van der Waals surface area contributed by atoms with E-state index >= 15 is 0 Å². The van der Waals surface area contributed by atoms with Crippen molar-refractivity contribution in [1.82, 2.24) is 4.98 Å². The summed E-state index contributed by atoms with van der Waals surface area (Å²) >= 11 is 6.39. The zero-order valence-corrected chi connectivity index (χ0v) is 7.99. The van der Waals surface area contributed by atoms with E-state index in [-0.39, 0.29) is 0 Å². The van der Waals surface area contributed by atoms with Crippen molar-refractivity contribution < 1.29 is 4.42 Å². The number of halogens is 2. The number of aromatic nitrogens is 1. The average Bonchev–Trinajstić information content (AvgIpc) is 2.13. The highest BCUT2D eigenvalue weighted by atomic mass is 79.9. The van der Waals surface area contributed by atoms with E-state index in [0.29, 0.717) is 4.67 Å². The number of rotatable bonds is 1. The lowest BCUT2D eigenvalue weighted by molar-refractivity contribution is 0.481. The zero-order chi connectivity index (χ0) is 6.85. The van der Waals surface area contributed by atoms with E-state index in [0.717, 1.165) is 16.9 Å². The van der Waals surface area contributed by atoms with Gasteiger partial charge in [0.15, 0.2) is 10.5 Å². The maximum absolute atomic E-state index is 5.12. The Kier molecular flexibility index (Phi) is 2.29. The highest BCUT2D eigenvalue weighted by Crippen LogP contribution is 2.22. The van der Waals surface area contributed by atoms with Crippen molar-refractivity contribution in [2.45, 2.75) is 13.3 Å². The van der Waals surface area contributed by atoms with E-state index < -0.39 is 0 Å². The van der Waals surface area contributed by atoms with Crippen LogP contribution in [0.2, 0.25) is 0 Å². The maximum Gasteiger partial charge on any atom is 0.204 e. The normalized spacial score (nSPS) is 10.1. The summed E-state index contributed by atoms with van der Waals surface area (Å²) in [6, 6.07) is 0. The molecule has 0 saturated carbocycles. The molecule has 0 aromatic carbocycles. The van der Waals surface area contributed by atoms with Crippen LogP contribution in [0.4, 0.5) is 0 Å². The third-order valence-corrected chi connectivity index (χ3v) is 2.50. The minimum absolute atomic E-state index is 0.666. The van der Waals surface area contributed by atoms with Crippen molar-refractivity contribution in [2.75, 3.05) is 0 Å². The first-order chi connectivity index (χ1) is 4.24. The molecule has 0 fully saturated rings. The van der Waals surface area contributed by atoms with E-state index in [2.05, 4.69) is 36.8 Å². The maximum atomic E-state index is 5.12. The van der Waals surface area contributed by atoms with Gasteiger partial charge in [-0.1, -0.05) is 6.92 Å². The largest absolute Gasteiger partial charge is 0.433 e. The van der Waals surface area contributed by atoms with Crippen LogP contribution in [0.1, 0.15) is 12.8 Å². The zero-order valence-electron chi connectivity index (χ0n) is 4.82. The number of hydrogen-bond donors (Lipinski definition) is 0. The number of nitrogens with zero attached hydrogens (tertiary/aromatic N) is 1. The van der Waals surface area contributed by atoms with Crippen LogP contribution < -0.4 is 0 Å². The fourth-order valence-corrected chi connectivity index (χ4v) is 1.03. The van der Waals surface area contributed by atoms with Crippen LogP contribution in [0.15, 0.2) is 13.7 Å². The predicted molar refractivity (Wildman–Crippen MR) is 41.3 cm³/mol. The molecular weight excluding hydrogens is 250 g/mol. The second-order valence-electron chi connectivity index (χ2n) is 1.53. The molecule has 1 aromatic rings. The summed E-state index contributed by atoms with van der Waals surface area (Å²) in [5, 5.41) is 0. The van der Waals surface area contributed by atoms with Gasteiger partial charge in [-0.25, -0.2) is 4.98 Å². The molecule has 2 nitrogen and oxygen atoms in total. The molecule has 0 amide bonds. The summed E-state index contributed by atoms with van der Waals surface area (Å²) in [4.78, 5) is 4.03. The van der Waals surface area contributed by atoms with Crippen LogP contribution in [0.5, 0.6) is 0 Å². The molecule has 1 heterocycles. The Hall–Kier alpha value is 0.170. The van der Waals surface area contributed by atoms with Gasteiger partial charge in [-0.2, -0.15) is 0 Å². The molecule has 0 atom stereocenters. The molecule has 0 N–H and O–H groups in total. The Bertz CT molecular complexity index is 189. The van der Waals surface area contributed by atoms with Gasteiger partial charge < -0.3 is 4.42 Å². The summed E-state index contributed by atoms with van der Waals surface area (Å²) in [6.45, 7) is 1.99. The molecule has 1 aromatic heterocycles. The topological polar surface area (TPSA) is 26.0 Å². The van der Waals surface area contributed by atoms with Crippen LogP contribution in [0.25, 0.3) is 0 Å². The lowest BCUT2D eigenvalue weighted by Crippen LogP contribution is -1.74. The van der Waals surface area contributed by atoms with Crippen molar-refractivity contribution in [2.24, 2.45) is 0 Å². The Morgan fingerprint density at radius 3 is 2.44 bits per heavy atom. The predicted octanol–water partition coefficient (Wildman–Crippen LogP) is 2.76. The molecule has 1 rings (SSSR count). The van der Waals surface area contributed by atoms with Crippen LogP contribution in [-0.2, 0) is 6.42 Å². The minimum Gasteiger partial charge on any atom is -0.433 e. The first-order valence-electron chi connectivity index (χ1n) is 2.54.